The van der Waals surface area contributed by atoms with E-state index in [-0.39, 0.29) is 12.3 Å². The molecule has 0 aliphatic heterocycles. The summed E-state index contributed by atoms with van der Waals surface area (Å²) in [5, 5.41) is 17.3. The summed E-state index contributed by atoms with van der Waals surface area (Å²) in [7, 11) is 0. The maximum Gasteiger partial charge on any atom is 0.354 e. The van der Waals surface area contributed by atoms with Gasteiger partial charge in [-0.25, -0.2) is 14.7 Å². The zero-order chi connectivity index (χ0) is 11.6. The van der Waals surface area contributed by atoms with Crippen LogP contribution in [0.25, 0.3) is 0 Å². The number of pyridine rings is 1. The molecule has 0 saturated heterocycles. The van der Waals surface area contributed by atoms with Crippen LogP contribution in [-0.2, 0) is 11.5 Å². The fraction of sp³-hybridized carbons (Fsp3) is 0.400. The summed E-state index contributed by atoms with van der Waals surface area (Å²) in [6.07, 6.45) is 0. The van der Waals surface area contributed by atoms with Crippen molar-refractivity contribution in [1.29, 1.82) is 0 Å². The van der Waals surface area contributed by atoms with Gasteiger partial charge in [-0.15, -0.1) is 0 Å². The monoisotopic (exact) mass is 211 g/mol. The predicted molar refractivity (Wildman–Crippen MR) is 52.8 cm³/mol. The third-order valence-corrected chi connectivity index (χ3v) is 2.56. The Morgan fingerprint density at radius 2 is 1.87 bits per heavy atom. The van der Waals surface area contributed by atoms with Crippen LogP contribution < -0.4 is 0 Å². The van der Waals surface area contributed by atoms with Crippen LogP contribution in [-0.4, -0.2) is 21.3 Å². The Balaban J connectivity index is 3.38. The highest BCUT2D eigenvalue weighted by atomic mass is 17.1. The van der Waals surface area contributed by atoms with Gasteiger partial charge >= 0.3 is 5.97 Å². The van der Waals surface area contributed by atoms with Crippen molar-refractivity contribution in [3.63, 3.8) is 0 Å². The number of hydrogen-bond acceptors (Lipinski definition) is 4. The minimum atomic E-state index is -1.07. The molecule has 1 aromatic heterocycles. The maximum absolute atomic E-state index is 10.9. The Morgan fingerprint density at radius 3 is 2.33 bits per heavy atom. The summed E-state index contributed by atoms with van der Waals surface area (Å²) in [5.74, 6) is -1.07. The van der Waals surface area contributed by atoms with E-state index in [1.807, 2.05) is 13.8 Å². The van der Waals surface area contributed by atoms with E-state index in [0.29, 0.717) is 11.3 Å². The average Bonchev–Trinajstić information content (AvgIpc) is 2.18. The van der Waals surface area contributed by atoms with Crippen LogP contribution in [0, 0.1) is 20.8 Å². The Kier molecular flexibility index (Phi) is 3.39. The van der Waals surface area contributed by atoms with Crippen molar-refractivity contribution in [2.24, 2.45) is 0 Å². The van der Waals surface area contributed by atoms with Crippen molar-refractivity contribution in [2.45, 2.75) is 27.4 Å². The maximum atomic E-state index is 10.9. The molecular weight excluding hydrogens is 198 g/mol. The molecular formula is C10H13NO4. The molecule has 0 bridgehead atoms. The molecule has 0 fully saturated rings. The Morgan fingerprint density at radius 1 is 1.27 bits per heavy atom. The van der Waals surface area contributed by atoms with E-state index in [9.17, 15) is 4.79 Å². The van der Waals surface area contributed by atoms with Gasteiger partial charge in [0.25, 0.3) is 0 Å². The fourth-order valence-corrected chi connectivity index (χ4v) is 1.39. The van der Waals surface area contributed by atoms with Gasteiger partial charge in [-0.2, -0.15) is 0 Å². The molecule has 0 aromatic carbocycles. The summed E-state index contributed by atoms with van der Waals surface area (Å²) in [6, 6.07) is 0. The molecule has 0 aliphatic rings. The van der Waals surface area contributed by atoms with Gasteiger partial charge < -0.3 is 5.11 Å². The molecule has 5 heteroatoms. The highest BCUT2D eigenvalue weighted by molar-refractivity contribution is 5.87. The van der Waals surface area contributed by atoms with Crippen molar-refractivity contribution in [3.8, 4) is 0 Å². The van der Waals surface area contributed by atoms with Crippen LogP contribution in [0.3, 0.4) is 0 Å². The summed E-state index contributed by atoms with van der Waals surface area (Å²) in [6.45, 7) is 5.24. The largest absolute Gasteiger partial charge is 0.477 e. The molecule has 0 radical (unpaired) electrons. The Hall–Kier alpha value is -1.46. The lowest BCUT2D eigenvalue weighted by molar-refractivity contribution is -0.253. The molecule has 0 atom stereocenters. The number of rotatable bonds is 3. The van der Waals surface area contributed by atoms with Crippen molar-refractivity contribution >= 4 is 5.97 Å². The smallest absolute Gasteiger partial charge is 0.354 e. The number of hydrogen-bond donors (Lipinski definition) is 2. The Labute approximate surface area is 87.3 Å². The standard InChI is InChI=1S/C10H13NO4/c1-5-6(2)8(4-15-14)11-9(7(5)3)10(12)13/h14H,4H2,1-3H3,(H,12,13). The molecule has 1 aromatic rings. The zero-order valence-corrected chi connectivity index (χ0v) is 8.87. The van der Waals surface area contributed by atoms with Crippen molar-refractivity contribution in [1.82, 2.24) is 4.98 Å². The fourth-order valence-electron chi connectivity index (χ4n) is 1.39. The first kappa shape index (κ1) is 11.6. The van der Waals surface area contributed by atoms with Crippen molar-refractivity contribution in [3.05, 3.63) is 28.1 Å². The lowest BCUT2D eigenvalue weighted by Crippen LogP contribution is -2.10. The molecule has 0 saturated carbocycles. The number of carbonyl (C=O) groups is 1. The van der Waals surface area contributed by atoms with E-state index in [4.69, 9.17) is 10.4 Å². The molecule has 0 spiro atoms. The molecule has 82 valence electrons. The second kappa shape index (κ2) is 4.37. The minimum absolute atomic E-state index is 0.00477. The van der Waals surface area contributed by atoms with Gasteiger partial charge in [0, 0.05) is 0 Å². The van der Waals surface area contributed by atoms with E-state index in [0.717, 1.165) is 11.1 Å². The van der Waals surface area contributed by atoms with Gasteiger partial charge in [-0.05, 0) is 37.5 Å². The van der Waals surface area contributed by atoms with E-state index >= 15 is 0 Å². The second-order valence-electron chi connectivity index (χ2n) is 3.36. The van der Waals surface area contributed by atoms with Crippen LogP contribution >= 0.6 is 0 Å². The highest BCUT2D eigenvalue weighted by Gasteiger charge is 2.16. The third kappa shape index (κ3) is 2.14. The van der Waals surface area contributed by atoms with E-state index in [1.165, 1.54) is 0 Å². The Bertz CT molecular complexity index is 401. The molecule has 1 heterocycles. The third-order valence-electron chi connectivity index (χ3n) is 2.56. The molecule has 0 amide bonds. The SMILES string of the molecule is Cc1c(COO)nc(C(=O)O)c(C)c1C. The first-order valence-electron chi connectivity index (χ1n) is 4.45. The number of aromatic nitrogens is 1. The highest BCUT2D eigenvalue weighted by Crippen LogP contribution is 2.19. The molecule has 5 nitrogen and oxygen atoms in total. The van der Waals surface area contributed by atoms with Gasteiger partial charge in [-0.1, -0.05) is 0 Å². The zero-order valence-electron chi connectivity index (χ0n) is 8.87. The lowest BCUT2D eigenvalue weighted by Gasteiger charge is -2.11. The van der Waals surface area contributed by atoms with Crippen LogP contribution in [0.4, 0.5) is 0 Å². The van der Waals surface area contributed by atoms with E-state index < -0.39 is 5.97 Å². The van der Waals surface area contributed by atoms with Gasteiger partial charge in [0.1, 0.15) is 6.61 Å². The van der Waals surface area contributed by atoms with E-state index in [1.54, 1.807) is 6.92 Å². The predicted octanol–water partition coefficient (Wildman–Crippen LogP) is 1.69. The van der Waals surface area contributed by atoms with Crippen LogP contribution in [0.5, 0.6) is 0 Å². The molecule has 0 aliphatic carbocycles. The summed E-state index contributed by atoms with van der Waals surface area (Å²) in [5.41, 5.74) is 2.78. The molecule has 2 N–H and O–H groups in total. The molecule has 15 heavy (non-hydrogen) atoms. The van der Waals surface area contributed by atoms with Crippen molar-refractivity contribution in [2.75, 3.05) is 0 Å². The number of carboxylic acids is 1. The van der Waals surface area contributed by atoms with Crippen LogP contribution in [0.1, 0.15) is 32.9 Å². The second-order valence-corrected chi connectivity index (χ2v) is 3.36. The average molecular weight is 211 g/mol. The molecule has 1 rings (SSSR count). The van der Waals surface area contributed by atoms with Crippen LogP contribution in [0.2, 0.25) is 0 Å². The van der Waals surface area contributed by atoms with Crippen molar-refractivity contribution < 1.29 is 20.0 Å². The summed E-state index contributed by atoms with van der Waals surface area (Å²) >= 11 is 0. The molecule has 0 unspecified atom stereocenters. The normalized spacial score (nSPS) is 10.4. The quantitative estimate of drug-likeness (QED) is 0.587. The number of aromatic carboxylic acids is 1. The van der Waals surface area contributed by atoms with E-state index in [2.05, 4.69) is 9.87 Å². The van der Waals surface area contributed by atoms with Gasteiger partial charge in [0.05, 0.1) is 5.69 Å². The van der Waals surface area contributed by atoms with Gasteiger partial charge in [0.15, 0.2) is 5.69 Å². The first-order chi connectivity index (χ1) is 6.99. The summed E-state index contributed by atoms with van der Waals surface area (Å²) in [4.78, 5) is 18.8. The minimum Gasteiger partial charge on any atom is -0.477 e. The van der Waals surface area contributed by atoms with Gasteiger partial charge in [-0.3, -0.25) is 5.26 Å². The lowest BCUT2D eigenvalue weighted by atomic mass is 10.0. The number of carboxylic acid groups (broad SMARTS) is 1. The topological polar surface area (TPSA) is 79.7 Å². The first-order valence-corrected chi connectivity index (χ1v) is 4.45. The van der Waals surface area contributed by atoms with Crippen LogP contribution in [0.15, 0.2) is 0 Å². The van der Waals surface area contributed by atoms with Gasteiger partial charge in [0.2, 0.25) is 0 Å². The summed E-state index contributed by atoms with van der Waals surface area (Å²) < 4.78 is 0. The number of nitrogens with zero attached hydrogens (tertiary/aromatic N) is 1.